The van der Waals surface area contributed by atoms with Gasteiger partial charge in [-0.3, -0.25) is 4.79 Å². The zero-order valence-electron chi connectivity index (χ0n) is 11.4. The van der Waals surface area contributed by atoms with Gasteiger partial charge in [0, 0.05) is 22.5 Å². The number of carbonyl (C=O) groups excluding carboxylic acids is 1. The lowest BCUT2D eigenvalue weighted by molar-refractivity contribution is 0.0939. The molecule has 1 atom stereocenters. The molecule has 1 amide bonds. The number of hydrogen-bond acceptors (Lipinski definition) is 1. The maximum atomic E-state index is 13.7. The highest BCUT2D eigenvalue weighted by molar-refractivity contribution is 9.08. The molecule has 2 nitrogen and oxygen atoms in total. The Kier molecular flexibility index (Phi) is 5.07. The second-order valence-electron chi connectivity index (χ2n) is 4.69. The van der Waals surface area contributed by atoms with Gasteiger partial charge in [-0.25, -0.2) is 8.78 Å². The molecule has 2 aromatic rings. The minimum atomic E-state index is -0.669. The van der Waals surface area contributed by atoms with Gasteiger partial charge in [0.25, 0.3) is 5.91 Å². The highest BCUT2D eigenvalue weighted by Crippen LogP contribution is 2.18. The summed E-state index contributed by atoms with van der Waals surface area (Å²) in [5, 5.41) is 3.41. The van der Waals surface area contributed by atoms with Gasteiger partial charge in [-0.2, -0.15) is 0 Å². The van der Waals surface area contributed by atoms with Crippen molar-refractivity contribution < 1.29 is 13.6 Å². The molecule has 110 valence electrons. The minimum Gasteiger partial charge on any atom is -0.345 e. The van der Waals surface area contributed by atoms with Crippen LogP contribution >= 0.6 is 15.9 Å². The van der Waals surface area contributed by atoms with E-state index >= 15 is 0 Å². The van der Waals surface area contributed by atoms with E-state index in [1.54, 1.807) is 19.1 Å². The zero-order valence-corrected chi connectivity index (χ0v) is 13.0. The fourth-order valence-corrected chi connectivity index (χ4v) is 2.33. The summed E-state index contributed by atoms with van der Waals surface area (Å²) in [7, 11) is 0. The van der Waals surface area contributed by atoms with Gasteiger partial charge in [-0.05, 0) is 30.7 Å². The zero-order chi connectivity index (χ0) is 15.4. The Hall–Kier alpha value is -1.75. The number of rotatable bonds is 4. The van der Waals surface area contributed by atoms with Crippen LogP contribution < -0.4 is 5.32 Å². The van der Waals surface area contributed by atoms with E-state index in [1.165, 1.54) is 12.1 Å². The van der Waals surface area contributed by atoms with Crippen LogP contribution in [0.5, 0.6) is 0 Å². The molecule has 0 saturated carbocycles. The van der Waals surface area contributed by atoms with Crippen LogP contribution in [-0.2, 0) is 5.33 Å². The van der Waals surface area contributed by atoms with E-state index in [1.807, 2.05) is 12.1 Å². The fourth-order valence-electron chi connectivity index (χ4n) is 1.96. The lowest BCUT2D eigenvalue weighted by Crippen LogP contribution is -2.27. The quantitative estimate of drug-likeness (QED) is 0.813. The molecule has 0 radical (unpaired) electrons. The Labute approximate surface area is 130 Å². The van der Waals surface area contributed by atoms with E-state index in [0.29, 0.717) is 10.9 Å². The molecule has 21 heavy (non-hydrogen) atoms. The smallest absolute Gasteiger partial charge is 0.251 e. The Morgan fingerprint density at radius 1 is 1.19 bits per heavy atom. The number of alkyl halides is 1. The van der Waals surface area contributed by atoms with Crippen LogP contribution in [0.2, 0.25) is 0 Å². The summed E-state index contributed by atoms with van der Waals surface area (Å²) < 4.78 is 26.5. The summed E-state index contributed by atoms with van der Waals surface area (Å²) >= 11 is 3.33. The molecule has 0 fully saturated rings. The van der Waals surface area contributed by atoms with Gasteiger partial charge in [0.2, 0.25) is 0 Å². The molecular formula is C16H14BrF2NO. The summed E-state index contributed by atoms with van der Waals surface area (Å²) in [6.45, 7) is 1.65. The molecule has 2 rings (SSSR count). The molecular weight excluding hydrogens is 340 g/mol. The predicted octanol–water partition coefficient (Wildman–Crippen LogP) is 4.35. The highest BCUT2D eigenvalue weighted by Gasteiger charge is 2.15. The summed E-state index contributed by atoms with van der Waals surface area (Å²) in [6.07, 6.45) is 0. The number of hydrogen-bond donors (Lipinski definition) is 1. The van der Waals surface area contributed by atoms with Crippen LogP contribution in [0.4, 0.5) is 8.78 Å². The summed E-state index contributed by atoms with van der Waals surface area (Å²) in [5.41, 5.74) is 1.81. The molecule has 5 heteroatoms. The largest absolute Gasteiger partial charge is 0.345 e. The number of amides is 1. The first-order valence-corrected chi connectivity index (χ1v) is 7.54. The third-order valence-electron chi connectivity index (χ3n) is 3.15. The van der Waals surface area contributed by atoms with E-state index in [4.69, 9.17) is 0 Å². The first-order valence-electron chi connectivity index (χ1n) is 6.42. The first kappa shape index (κ1) is 15.6. The number of benzene rings is 2. The lowest BCUT2D eigenvalue weighted by atomic mass is 10.1. The minimum absolute atomic E-state index is 0.252. The van der Waals surface area contributed by atoms with Crippen molar-refractivity contribution in [3.63, 3.8) is 0 Å². The van der Waals surface area contributed by atoms with Crippen molar-refractivity contribution in [2.75, 3.05) is 0 Å². The number of halogens is 3. The third-order valence-corrected chi connectivity index (χ3v) is 3.79. The molecule has 0 aromatic heterocycles. The van der Waals surface area contributed by atoms with Gasteiger partial charge in [0.05, 0.1) is 6.04 Å². The Morgan fingerprint density at radius 2 is 1.86 bits per heavy atom. The Morgan fingerprint density at radius 3 is 2.43 bits per heavy atom. The van der Waals surface area contributed by atoms with Crippen LogP contribution in [0, 0.1) is 11.6 Å². The SMILES string of the molecule is CC(NC(=O)c1ccc(CBr)cc1)c1ccc(F)cc1F. The Bertz CT molecular complexity index is 643. The third kappa shape index (κ3) is 3.88. The second kappa shape index (κ2) is 6.80. The van der Waals surface area contributed by atoms with Gasteiger partial charge < -0.3 is 5.32 Å². The van der Waals surface area contributed by atoms with Crippen LogP contribution in [0.3, 0.4) is 0 Å². The van der Waals surface area contributed by atoms with Crippen molar-refractivity contribution in [3.05, 3.63) is 70.8 Å². The van der Waals surface area contributed by atoms with Crippen LogP contribution in [-0.4, -0.2) is 5.91 Å². The van der Waals surface area contributed by atoms with E-state index in [2.05, 4.69) is 21.2 Å². The van der Waals surface area contributed by atoms with Crippen LogP contribution in [0.25, 0.3) is 0 Å². The van der Waals surface area contributed by atoms with Gasteiger partial charge in [0.15, 0.2) is 0 Å². The van der Waals surface area contributed by atoms with Crippen molar-refractivity contribution in [3.8, 4) is 0 Å². The van der Waals surface area contributed by atoms with Gasteiger partial charge in [-0.1, -0.05) is 34.1 Å². The fraction of sp³-hybridized carbons (Fsp3) is 0.188. The average molecular weight is 354 g/mol. The molecule has 0 saturated heterocycles. The van der Waals surface area contributed by atoms with E-state index in [-0.39, 0.29) is 11.5 Å². The van der Waals surface area contributed by atoms with Crippen molar-refractivity contribution >= 4 is 21.8 Å². The van der Waals surface area contributed by atoms with Gasteiger partial charge in [0.1, 0.15) is 11.6 Å². The lowest BCUT2D eigenvalue weighted by Gasteiger charge is -2.15. The molecule has 1 N–H and O–H groups in total. The summed E-state index contributed by atoms with van der Waals surface area (Å²) in [6, 6.07) is 9.87. The molecule has 1 unspecified atom stereocenters. The standard InChI is InChI=1S/C16H14BrF2NO/c1-10(14-7-6-13(18)8-15(14)19)20-16(21)12-4-2-11(9-17)3-5-12/h2-8,10H,9H2,1H3,(H,20,21). The van der Waals surface area contributed by atoms with E-state index in [9.17, 15) is 13.6 Å². The first-order chi connectivity index (χ1) is 10.0. The van der Waals surface area contributed by atoms with Crippen molar-refractivity contribution in [1.82, 2.24) is 5.32 Å². The second-order valence-corrected chi connectivity index (χ2v) is 5.25. The molecule has 0 aliphatic carbocycles. The Balaban J connectivity index is 2.10. The predicted molar refractivity (Wildman–Crippen MR) is 81.3 cm³/mol. The summed E-state index contributed by atoms with van der Waals surface area (Å²) in [4.78, 5) is 12.1. The molecule has 0 spiro atoms. The molecule has 0 aliphatic heterocycles. The summed E-state index contributed by atoms with van der Waals surface area (Å²) in [5.74, 6) is -1.61. The molecule has 0 heterocycles. The average Bonchev–Trinajstić information content (AvgIpc) is 2.47. The topological polar surface area (TPSA) is 29.1 Å². The van der Waals surface area contributed by atoms with E-state index < -0.39 is 17.7 Å². The normalized spacial score (nSPS) is 12.0. The van der Waals surface area contributed by atoms with Crippen LogP contribution in [0.15, 0.2) is 42.5 Å². The molecule has 0 aliphatic rings. The maximum absolute atomic E-state index is 13.7. The highest BCUT2D eigenvalue weighted by atomic mass is 79.9. The number of nitrogens with one attached hydrogen (secondary N) is 1. The molecule has 2 aromatic carbocycles. The number of carbonyl (C=O) groups is 1. The molecule has 0 bridgehead atoms. The van der Waals surface area contributed by atoms with Gasteiger partial charge >= 0.3 is 0 Å². The van der Waals surface area contributed by atoms with E-state index in [0.717, 1.165) is 11.6 Å². The van der Waals surface area contributed by atoms with Crippen molar-refractivity contribution in [2.45, 2.75) is 18.3 Å². The van der Waals surface area contributed by atoms with Crippen molar-refractivity contribution in [2.24, 2.45) is 0 Å². The van der Waals surface area contributed by atoms with Crippen molar-refractivity contribution in [1.29, 1.82) is 0 Å². The van der Waals surface area contributed by atoms with Gasteiger partial charge in [-0.15, -0.1) is 0 Å². The maximum Gasteiger partial charge on any atom is 0.251 e. The van der Waals surface area contributed by atoms with Crippen LogP contribution in [0.1, 0.15) is 34.5 Å². The monoisotopic (exact) mass is 353 g/mol.